The number of aryl methyl sites for hydroxylation is 1. The maximum atomic E-state index is 6.09. The van der Waals surface area contributed by atoms with Gasteiger partial charge in [-0.25, -0.2) is 0 Å². The van der Waals surface area contributed by atoms with Crippen LogP contribution >= 0.6 is 11.6 Å². The van der Waals surface area contributed by atoms with Gasteiger partial charge in [0.15, 0.2) is 0 Å². The van der Waals surface area contributed by atoms with Crippen molar-refractivity contribution in [1.82, 2.24) is 0 Å². The maximum Gasteiger partial charge on any atom is 0.138 e. The van der Waals surface area contributed by atoms with E-state index in [2.05, 4.69) is 13.8 Å². The number of rotatable bonds is 2. The van der Waals surface area contributed by atoms with Crippen LogP contribution in [0.4, 0.5) is 0 Å². The third kappa shape index (κ3) is 1.92. The Morgan fingerprint density at radius 2 is 2.12 bits per heavy atom. The minimum atomic E-state index is 0.0348. The Labute approximate surface area is 102 Å². The lowest BCUT2D eigenvalue weighted by Crippen LogP contribution is -2.60. The Bertz CT molecular complexity index is 403. The largest absolute Gasteiger partial charge is 0.488 e. The molecule has 1 saturated carbocycles. The summed E-state index contributed by atoms with van der Waals surface area (Å²) in [6.45, 7) is 6.30. The molecule has 1 aromatic rings. The fraction of sp³-hybridized carbons (Fsp3) is 0.538. The molecule has 0 bridgehead atoms. The highest BCUT2D eigenvalue weighted by molar-refractivity contribution is 6.32. The Morgan fingerprint density at radius 1 is 1.44 bits per heavy atom. The summed E-state index contributed by atoms with van der Waals surface area (Å²) in [7, 11) is 0. The summed E-state index contributed by atoms with van der Waals surface area (Å²) in [6, 6.07) is 6.05. The van der Waals surface area contributed by atoms with E-state index in [0.29, 0.717) is 5.02 Å². The van der Waals surface area contributed by atoms with Gasteiger partial charge in [-0.1, -0.05) is 31.5 Å². The highest BCUT2D eigenvalue weighted by atomic mass is 35.5. The molecule has 1 aliphatic carbocycles. The molecule has 0 amide bonds. The second-order valence-electron chi connectivity index (χ2n) is 5.20. The van der Waals surface area contributed by atoms with Crippen LogP contribution in [0.1, 0.15) is 25.8 Å². The van der Waals surface area contributed by atoms with Gasteiger partial charge in [0.2, 0.25) is 0 Å². The summed E-state index contributed by atoms with van der Waals surface area (Å²) in [5.41, 5.74) is 7.14. The van der Waals surface area contributed by atoms with Crippen molar-refractivity contribution in [3.05, 3.63) is 28.8 Å². The standard InChI is InChI=1S/C13H18ClNO/c1-8-4-5-9(14)10(6-8)16-12-7-11(15)13(12,2)3/h4-6,11-12H,7,15H2,1-3H3. The predicted octanol–water partition coefficient (Wildman–Crippen LogP) is 3.15. The van der Waals surface area contributed by atoms with Gasteiger partial charge in [0.1, 0.15) is 11.9 Å². The van der Waals surface area contributed by atoms with Crippen LogP contribution in [0.5, 0.6) is 5.75 Å². The van der Waals surface area contributed by atoms with Crippen LogP contribution < -0.4 is 10.5 Å². The normalized spacial score (nSPS) is 27.3. The zero-order valence-electron chi connectivity index (χ0n) is 9.96. The van der Waals surface area contributed by atoms with E-state index in [1.54, 1.807) is 0 Å². The second-order valence-corrected chi connectivity index (χ2v) is 5.61. The Morgan fingerprint density at radius 3 is 2.69 bits per heavy atom. The van der Waals surface area contributed by atoms with E-state index in [0.717, 1.165) is 17.7 Å². The van der Waals surface area contributed by atoms with Crippen molar-refractivity contribution in [3.63, 3.8) is 0 Å². The van der Waals surface area contributed by atoms with E-state index in [1.807, 2.05) is 25.1 Å². The molecule has 0 saturated heterocycles. The first kappa shape index (κ1) is 11.7. The van der Waals surface area contributed by atoms with Gasteiger partial charge in [0, 0.05) is 17.9 Å². The third-order valence-corrected chi connectivity index (χ3v) is 3.92. The van der Waals surface area contributed by atoms with Crippen molar-refractivity contribution in [2.75, 3.05) is 0 Å². The molecule has 2 unspecified atom stereocenters. The minimum absolute atomic E-state index is 0.0348. The molecule has 1 aromatic carbocycles. The average molecular weight is 240 g/mol. The first-order valence-electron chi connectivity index (χ1n) is 5.59. The number of benzene rings is 1. The first-order valence-corrected chi connectivity index (χ1v) is 5.97. The molecule has 2 N–H and O–H groups in total. The number of halogens is 1. The van der Waals surface area contributed by atoms with Crippen LogP contribution in [-0.2, 0) is 0 Å². The van der Waals surface area contributed by atoms with Gasteiger partial charge in [0.25, 0.3) is 0 Å². The van der Waals surface area contributed by atoms with Gasteiger partial charge >= 0.3 is 0 Å². The number of hydrogen-bond donors (Lipinski definition) is 1. The van der Waals surface area contributed by atoms with Gasteiger partial charge < -0.3 is 10.5 Å². The lowest BCUT2D eigenvalue weighted by molar-refractivity contribution is -0.0399. The molecule has 3 heteroatoms. The monoisotopic (exact) mass is 239 g/mol. The van der Waals surface area contributed by atoms with E-state index in [-0.39, 0.29) is 17.6 Å². The molecule has 1 aliphatic rings. The fourth-order valence-corrected chi connectivity index (χ4v) is 2.13. The van der Waals surface area contributed by atoms with Gasteiger partial charge in [-0.05, 0) is 24.6 Å². The molecule has 2 atom stereocenters. The Kier molecular flexibility index (Phi) is 2.89. The summed E-state index contributed by atoms with van der Waals surface area (Å²) in [5.74, 6) is 0.770. The number of ether oxygens (including phenoxy) is 1. The quantitative estimate of drug-likeness (QED) is 0.861. The predicted molar refractivity (Wildman–Crippen MR) is 67.0 cm³/mol. The number of hydrogen-bond acceptors (Lipinski definition) is 2. The topological polar surface area (TPSA) is 35.2 Å². The molecule has 16 heavy (non-hydrogen) atoms. The Hall–Kier alpha value is -0.730. The molecule has 0 aliphatic heterocycles. The summed E-state index contributed by atoms with van der Waals surface area (Å²) >= 11 is 6.09. The smallest absolute Gasteiger partial charge is 0.138 e. The summed E-state index contributed by atoms with van der Waals surface area (Å²) in [6.07, 6.45) is 1.07. The van der Waals surface area contributed by atoms with Crippen LogP contribution in [0.25, 0.3) is 0 Å². The van der Waals surface area contributed by atoms with Gasteiger partial charge in [-0.2, -0.15) is 0 Å². The van der Waals surface area contributed by atoms with Crippen molar-refractivity contribution in [3.8, 4) is 5.75 Å². The second kappa shape index (κ2) is 3.94. The van der Waals surface area contributed by atoms with Crippen LogP contribution in [-0.4, -0.2) is 12.1 Å². The molecule has 1 fully saturated rings. The molecule has 0 aromatic heterocycles. The molecular formula is C13H18ClNO. The summed E-state index contributed by atoms with van der Waals surface area (Å²) in [5, 5.41) is 0.668. The molecule has 2 nitrogen and oxygen atoms in total. The zero-order chi connectivity index (χ0) is 11.9. The summed E-state index contributed by atoms with van der Waals surface area (Å²) < 4.78 is 5.94. The highest BCUT2D eigenvalue weighted by Crippen LogP contribution is 2.42. The van der Waals surface area contributed by atoms with Crippen LogP contribution in [0, 0.1) is 12.3 Å². The van der Waals surface area contributed by atoms with Gasteiger partial charge in [-0.3, -0.25) is 0 Å². The molecule has 88 valence electrons. The molecule has 2 rings (SSSR count). The average Bonchev–Trinajstić information content (AvgIpc) is 2.23. The van der Waals surface area contributed by atoms with E-state index >= 15 is 0 Å². The van der Waals surface area contributed by atoms with Crippen molar-refractivity contribution in [2.45, 2.75) is 39.3 Å². The van der Waals surface area contributed by atoms with Crippen molar-refractivity contribution in [1.29, 1.82) is 0 Å². The SMILES string of the molecule is Cc1ccc(Cl)c(OC2CC(N)C2(C)C)c1. The van der Waals surface area contributed by atoms with E-state index in [9.17, 15) is 0 Å². The molecule has 0 radical (unpaired) electrons. The summed E-state index contributed by atoms with van der Waals surface area (Å²) in [4.78, 5) is 0. The van der Waals surface area contributed by atoms with E-state index in [4.69, 9.17) is 22.1 Å². The highest BCUT2D eigenvalue weighted by Gasteiger charge is 2.48. The molecule has 0 spiro atoms. The fourth-order valence-electron chi connectivity index (χ4n) is 1.97. The third-order valence-electron chi connectivity index (χ3n) is 3.61. The first-order chi connectivity index (χ1) is 7.41. The molecule has 0 heterocycles. The van der Waals surface area contributed by atoms with Crippen LogP contribution in [0.3, 0.4) is 0 Å². The Balaban J connectivity index is 2.13. The van der Waals surface area contributed by atoms with E-state index < -0.39 is 0 Å². The lowest BCUT2D eigenvalue weighted by Gasteiger charge is -2.49. The minimum Gasteiger partial charge on any atom is -0.488 e. The van der Waals surface area contributed by atoms with Crippen molar-refractivity contribution >= 4 is 11.6 Å². The zero-order valence-corrected chi connectivity index (χ0v) is 10.7. The van der Waals surface area contributed by atoms with E-state index in [1.165, 1.54) is 0 Å². The lowest BCUT2D eigenvalue weighted by atomic mass is 9.65. The maximum absolute atomic E-state index is 6.09. The van der Waals surface area contributed by atoms with Crippen molar-refractivity contribution < 1.29 is 4.74 Å². The van der Waals surface area contributed by atoms with Gasteiger partial charge in [-0.15, -0.1) is 0 Å². The van der Waals surface area contributed by atoms with Crippen LogP contribution in [0.2, 0.25) is 5.02 Å². The molecular weight excluding hydrogens is 222 g/mol. The van der Waals surface area contributed by atoms with Gasteiger partial charge in [0.05, 0.1) is 5.02 Å². The van der Waals surface area contributed by atoms with Crippen molar-refractivity contribution in [2.24, 2.45) is 11.1 Å². The van der Waals surface area contributed by atoms with Crippen LogP contribution in [0.15, 0.2) is 18.2 Å². The number of nitrogens with two attached hydrogens (primary N) is 1.